The van der Waals surface area contributed by atoms with E-state index in [-0.39, 0.29) is 16.3 Å². The summed E-state index contributed by atoms with van der Waals surface area (Å²) in [6.07, 6.45) is 3.70. The largest absolute Gasteiger partial charge is 0.465 e. The number of aromatic nitrogens is 2. The van der Waals surface area contributed by atoms with Gasteiger partial charge in [-0.1, -0.05) is 0 Å². The molecule has 0 aliphatic heterocycles. The molecule has 0 bridgehead atoms. The van der Waals surface area contributed by atoms with Crippen molar-refractivity contribution >= 4 is 27.3 Å². The van der Waals surface area contributed by atoms with Gasteiger partial charge < -0.3 is 9.72 Å². The molecule has 0 saturated heterocycles. The predicted molar refractivity (Wildman–Crippen MR) is 77.9 cm³/mol. The number of nitrogens with one attached hydrogen (secondary N) is 2. The van der Waals surface area contributed by atoms with Gasteiger partial charge in [-0.05, 0) is 17.9 Å². The Morgan fingerprint density at radius 3 is 2.90 bits per heavy atom. The van der Waals surface area contributed by atoms with Crippen molar-refractivity contribution in [1.29, 1.82) is 0 Å². The third-order valence-corrected chi connectivity index (χ3v) is 5.62. The molecule has 0 saturated carbocycles. The lowest BCUT2D eigenvalue weighted by molar-refractivity contribution is 0.0602. The first-order valence-corrected chi connectivity index (χ1v) is 8.46. The van der Waals surface area contributed by atoms with Crippen LogP contribution in [0.5, 0.6) is 0 Å². The lowest BCUT2D eigenvalue weighted by atomic mass is 10.3. The zero-order valence-electron chi connectivity index (χ0n) is 11.5. The van der Waals surface area contributed by atoms with Gasteiger partial charge in [-0.3, -0.25) is 0 Å². The summed E-state index contributed by atoms with van der Waals surface area (Å²) in [6, 6.07) is 0. The van der Waals surface area contributed by atoms with E-state index in [1.165, 1.54) is 7.11 Å². The Bertz CT molecular complexity index is 720. The van der Waals surface area contributed by atoms with Crippen molar-refractivity contribution in [2.45, 2.75) is 18.2 Å². The van der Waals surface area contributed by atoms with Gasteiger partial charge in [0.05, 0.1) is 7.11 Å². The molecule has 114 valence electrons. The van der Waals surface area contributed by atoms with E-state index in [0.29, 0.717) is 17.8 Å². The van der Waals surface area contributed by atoms with Gasteiger partial charge >= 0.3 is 5.97 Å². The number of imidazole rings is 1. The second kappa shape index (κ2) is 6.37. The number of aryl methyl sites for hydroxylation is 1. The normalized spacial score (nSPS) is 11.5. The number of hydrogen-bond donors (Lipinski definition) is 2. The number of rotatable bonds is 6. The van der Waals surface area contributed by atoms with Gasteiger partial charge in [0, 0.05) is 25.4 Å². The quantitative estimate of drug-likeness (QED) is 0.773. The molecule has 0 radical (unpaired) electrons. The van der Waals surface area contributed by atoms with Gasteiger partial charge in [0.15, 0.2) is 0 Å². The smallest absolute Gasteiger partial charge is 0.349 e. The number of carbonyl (C=O) groups excluding carboxylic acids is 1. The summed E-state index contributed by atoms with van der Waals surface area (Å²) in [6.45, 7) is 1.83. The number of methoxy groups -OCH3 is 1. The SMILES string of the molecule is COC(=O)c1scc(C)c1S(=O)(=O)NCCc1ncc[nH]1. The Balaban J connectivity index is 2.15. The number of ether oxygens (including phenoxy) is 1. The topological polar surface area (TPSA) is 101 Å². The Morgan fingerprint density at radius 1 is 1.52 bits per heavy atom. The third-order valence-electron chi connectivity index (χ3n) is 2.77. The highest BCUT2D eigenvalue weighted by molar-refractivity contribution is 7.89. The molecule has 0 fully saturated rings. The van der Waals surface area contributed by atoms with Crippen molar-refractivity contribution in [1.82, 2.24) is 14.7 Å². The maximum absolute atomic E-state index is 12.3. The lowest BCUT2D eigenvalue weighted by Crippen LogP contribution is -2.27. The number of H-pyrrole nitrogens is 1. The zero-order chi connectivity index (χ0) is 15.5. The summed E-state index contributed by atoms with van der Waals surface area (Å²) >= 11 is 1.05. The number of nitrogens with zero attached hydrogens (tertiary/aromatic N) is 1. The number of sulfonamides is 1. The van der Waals surface area contributed by atoms with Crippen LogP contribution < -0.4 is 4.72 Å². The monoisotopic (exact) mass is 329 g/mol. The van der Waals surface area contributed by atoms with E-state index < -0.39 is 16.0 Å². The van der Waals surface area contributed by atoms with E-state index in [9.17, 15) is 13.2 Å². The van der Waals surface area contributed by atoms with Crippen molar-refractivity contribution in [3.8, 4) is 0 Å². The number of hydrogen-bond acceptors (Lipinski definition) is 6. The van der Waals surface area contributed by atoms with Crippen LogP contribution in [0, 0.1) is 6.92 Å². The minimum atomic E-state index is -3.77. The average Bonchev–Trinajstić information content (AvgIpc) is 3.07. The highest BCUT2D eigenvalue weighted by Crippen LogP contribution is 2.27. The highest BCUT2D eigenvalue weighted by Gasteiger charge is 2.27. The lowest BCUT2D eigenvalue weighted by Gasteiger charge is -2.07. The molecule has 0 aromatic carbocycles. The van der Waals surface area contributed by atoms with E-state index in [2.05, 4.69) is 19.4 Å². The standard InChI is InChI=1S/C12H15N3O4S2/c1-8-7-20-10(12(16)19-2)11(8)21(17,18)15-4-3-9-13-5-6-14-9/h5-7,15H,3-4H2,1-2H3,(H,13,14). The second-order valence-corrected chi connectivity index (χ2v) is 6.84. The molecule has 2 aromatic rings. The number of esters is 1. The van der Waals surface area contributed by atoms with Crippen LogP contribution in [0.4, 0.5) is 0 Å². The van der Waals surface area contributed by atoms with Crippen molar-refractivity contribution < 1.29 is 17.9 Å². The summed E-state index contributed by atoms with van der Waals surface area (Å²) in [5, 5.41) is 1.62. The molecule has 21 heavy (non-hydrogen) atoms. The van der Waals surface area contributed by atoms with Gasteiger partial charge in [0.25, 0.3) is 0 Å². The van der Waals surface area contributed by atoms with Crippen LogP contribution in [0.3, 0.4) is 0 Å². The van der Waals surface area contributed by atoms with Crippen molar-refractivity contribution in [3.63, 3.8) is 0 Å². The van der Waals surface area contributed by atoms with Crippen molar-refractivity contribution in [2.75, 3.05) is 13.7 Å². The fourth-order valence-corrected chi connectivity index (χ4v) is 4.55. The molecule has 0 unspecified atom stereocenters. The minimum absolute atomic E-state index is 0.0150. The fraction of sp³-hybridized carbons (Fsp3) is 0.333. The third kappa shape index (κ3) is 3.49. The average molecular weight is 329 g/mol. The molecular formula is C12H15N3O4S2. The maximum Gasteiger partial charge on any atom is 0.349 e. The first-order chi connectivity index (χ1) is 9.95. The zero-order valence-corrected chi connectivity index (χ0v) is 13.2. The van der Waals surface area contributed by atoms with Crippen molar-refractivity contribution in [3.05, 3.63) is 34.0 Å². The van der Waals surface area contributed by atoms with E-state index in [1.54, 1.807) is 24.7 Å². The maximum atomic E-state index is 12.3. The molecule has 0 aliphatic rings. The van der Waals surface area contributed by atoms with Gasteiger partial charge in [0.2, 0.25) is 10.0 Å². The Labute approximate surface area is 126 Å². The molecule has 0 amide bonds. The molecule has 2 aromatic heterocycles. The van der Waals surface area contributed by atoms with E-state index in [0.717, 1.165) is 11.3 Å². The molecule has 2 heterocycles. The van der Waals surface area contributed by atoms with Crippen molar-refractivity contribution in [2.24, 2.45) is 0 Å². The summed E-state index contributed by atoms with van der Waals surface area (Å²) < 4.78 is 31.8. The second-order valence-electron chi connectivity index (χ2n) is 4.25. The van der Waals surface area contributed by atoms with E-state index in [4.69, 9.17) is 0 Å². The number of carbonyl (C=O) groups is 1. The molecule has 0 aliphatic carbocycles. The first kappa shape index (κ1) is 15.7. The number of thiophene rings is 1. The van der Waals surface area contributed by atoms with Gasteiger partial charge in [-0.25, -0.2) is 22.9 Å². The fourth-order valence-electron chi connectivity index (χ4n) is 1.81. The van der Waals surface area contributed by atoms with Gasteiger partial charge in [-0.2, -0.15) is 0 Å². The van der Waals surface area contributed by atoms with Crippen LogP contribution in [0.15, 0.2) is 22.7 Å². The van der Waals surface area contributed by atoms with Crippen LogP contribution in [-0.2, 0) is 21.2 Å². The van der Waals surface area contributed by atoms with Crippen LogP contribution in [0.25, 0.3) is 0 Å². The Kier molecular flexibility index (Phi) is 4.76. The van der Waals surface area contributed by atoms with E-state index in [1.807, 2.05) is 0 Å². The van der Waals surface area contributed by atoms with E-state index >= 15 is 0 Å². The molecule has 0 atom stereocenters. The molecule has 0 spiro atoms. The van der Waals surface area contributed by atoms with Crippen LogP contribution in [0.1, 0.15) is 21.1 Å². The molecule has 2 rings (SSSR count). The van der Waals surface area contributed by atoms with Crippen LogP contribution in [0.2, 0.25) is 0 Å². The van der Waals surface area contributed by atoms with Gasteiger partial charge in [-0.15, -0.1) is 11.3 Å². The summed E-state index contributed by atoms with van der Waals surface area (Å²) in [5.74, 6) is 0.0347. The summed E-state index contributed by atoms with van der Waals surface area (Å²) in [5.41, 5.74) is 0.519. The predicted octanol–water partition coefficient (Wildman–Crippen LogP) is 1.09. The van der Waals surface area contributed by atoms with Crippen LogP contribution >= 0.6 is 11.3 Å². The Morgan fingerprint density at radius 2 is 2.29 bits per heavy atom. The molecular weight excluding hydrogens is 314 g/mol. The highest BCUT2D eigenvalue weighted by atomic mass is 32.2. The van der Waals surface area contributed by atoms with Gasteiger partial charge in [0.1, 0.15) is 15.6 Å². The summed E-state index contributed by atoms with van der Waals surface area (Å²) in [4.78, 5) is 18.6. The molecule has 9 heteroatoms. The molecule has 7 nitrogen and oxygen atoms in total. The molecule has 2 N–H and O–H groups in total. The number of aromatic amines is 1. The first-order valence-electron chi connectivity index (χ1n) is 6.10. The van der Waals surface area contributed by atoms with Crippen LogP contribution in [-0.4, -0.2) is 38.0 Å². The minimum Gasteiger partial charge on any atom is -0.465 e. The Hall–Kier alpha value is -1.71. The summed E-state index contributed by atoms with van der Waals surface area (Å²) in [7, 11) is -2.55.